The summed E-state index contributed by atoms with van der Waals surface area (Å²) in [7, 11) is -2.27. The average Bonchev–Trinajstić information content (AvgIpc) is 2.37. The minimum absolute atomic E-state index is 0.0862. The summed E-state index contributed by atoms with van der Waals surface area (Å²) < 4.78 is 16.9. The highest BCUT2D eigenvalue weighted by Gasteiger charge is 2.25. The van der Waals surface area contributed by atoms with Gasteiger partial charge < -0.3 is 9.42 Å². The molecule has 1 unspecified atom stereocenters. The van der Waals surface area contributed by atoms with Gasteiger partial charge in [0, 0.05) is 7.11 Å². The van der Waals surface area contributed by atoms with E-state index in [1.165, 1.54) is 12.7 Å². The highest BCUT2D eigenvalue weighted by atomic mass is 31.2. The van der Waals surface area contributed by atoms with E-state index in [9.17, 15) is 9.46 Å². The molecule has 0 aromatic heterocycles. The summed E-state index contributed by atoms with van der Waals surface area (Å²) in [5.74, 6) is 1.07. The van der Waals surface area contributed by atoms with Gasteiger partial charge in [0.2, 0.25) is 0 Å². The highest BCUT2D eigenvalue weighted by Crippen LogP contribution is 2.48. The number of benzene rings is 1. The van der Waals surface area contributed by atoms with Gasteiger partial charge in [0.1, 0.15) is 0 Å². The second kappa shape index (κ2) is 7.09. The second-order valence-corrected chi connectivity index (χ2v) is 8.58. The third kappa shape index (κ3) is 4.67. The van der Waals surface area contributed by atoms with E-state index in [0.717, 1.165) is 16.7 Å². The summed E-state index contributed by atoms with van der Waals surface area (Å²) in [5.41, 5.74) is 4.60. The quantitative estimate of drug-likeness (QED) is 0.716. The van der Waals surface area contributed by atoms with Crippen molar-refractivity contribution in [3.63, 3.8) is 0 Å². The molecule has 0 saturated heterocycles. The first-order chi connectivity index (χ1) is 9.59. The number of hydrogen-bond donors (Lipinski definition) is 1. The Morgan fingerprint density at radius 1 is 1.00 bits per heavy atom. The van der Waals surface area contributed by atoms with Crippen LogP contribution in [0.25, 0.3) is 0 Å². The van der Waals surface area contributed by atoms with Gasteiger partial charge in [-0.1, -0.05) is 53.7 Å². The predicted molar refractivity (Wildman–Crippen MR) is 89.2 cm³/mol. The van der Waals surface area contributed by atoms with Gasteiger partial charge in [-0.2, -0.15) is 0 Å². The molecule has 1 atom stereocenters. The standard InChI is InChI=1S/C17H29O3P/c1-11(2)14-8-15(12(3)4)17(10-21(18,19)20-7)16(9-14)13(5)6/h8-9,11-13H,10H2,1-7H3,(H,18,19). The first kappa shape index (κ1) is 18.4. The fourth-order valence-corrected chi connectivity index (χ4v) is 3.45. The second-order valence-electron chi connectivity index (χ2n) is 6.62. The summed E-state index contributed by atoms with van der Waals surface area (Å²) in [6.45, 7) is 12.9. The van der Waals surface area contributed by atoms with Crippen molar-refractivity contribution in [2.75, 3.05) is 7.11 Å². The minimum Gasteiger partial charge on any atom is -0.324 e. The molecule has 1 aromatic rings. The fraction of sp³-hybridized carbons (Fsp3) is 0.647. The lowest BCUT2D eigenvalue weighted by Crippen LogP contribution is -2.07. The lowest BCUT2D eigenvalue weighted by Gasteiger charge is -2.23. The Morgan fingerprint density at radius 2 is 1.43 bits per heavy atom. The van der Waals surface area contributed by atoms with Gasteiger partial charge in [-0.3, -0.25) is 4.57 Å². The van der Waals surface area contributed by atoms with E-state index in [-0.39, 0.29) is 6.16 Å². The SMILES string of the molecule is COP(=O)(O)Cc1c(C(C)C)cc(C(C)C)cc1C(C)C. The first-order valence-corrected chi connectivity index (χ1v) is 9.39. The van der Waals surface area contributed by atoms with Gasteiger partial charge in [0.05, 0.1) is 6.16 Å². The summed E-state index contributed by atoms with van der Waals surface area (Å²) in [5, 5.41) is 0. The van der Waals surface area contributed by atoms with Crippen molar-refractivity contribution in [3.05, 3.63) is 34.4 Å². The molecule has 1 rings (SSSR count). The Morgan fingerprint density at radius 3 is 1.71 bits per heavy atom. The molecule has 0 spiro atoms. The lowest BCUT2D eigenvalue weighted by atomic mass is 9.85. The lowest BCUT2D eigenvalue weighted by molar-refractivity contribution is 0.314. The Balaban J connectivity index is 3.53. The molecule has 0 aliphatic carbocycles. The smallest absolute Gasteiger partial charge is 0.324 e. The monoisotopic (exact) mass is 312 g/mol. The Hall–Kier alpha value is -0.630. The van der Waals surface area contributed by atoms with Crippen LogP contribution in [-0.2, 0) is 15.3 Å². The normalized spacial score (nSPS) is 15.0. The van der Waals surface area contributed by atoms with Crippen molar-refractivity contribution >= 4 is 7.60 Å². The number of rotatable bonds is 6. The first-order valence-electron chi connectivity index (χ1n) is 7.63. The van der Waals surface area contributed by atoms with Crippen LogP contribution in [0.3, 0.4) is 0 Å². The van der Waals surface area contributed by atoms with Crippen LogP contribution in [0.4, 0.5) is 0 Å². The predicted octanol–water partition coefficient (Wildman–Crippen LogP) is 5.39. The summed E-state index contributed by atoms with van der Waals surface area (Å²) in [4.78, 5) is 9.90. The molecule has 21 heavy (non-hydrogen) atoms. The maximum atomic E-state index is 12.1. The summed E-state index contributed by atoms with van der Waals surface area (Å²) in [6.07, 6.45) is 0.0862. The molecule has 120 valence electrons. The van der Waals surface area contributed by atoms with Crippen molar-refractivity contribution in [2.45, 2.75) is 65.5 Å². The van der Waals surface area contributed by atoms with Crippen LogP contribution in [0.5, 0.6) is 0 Å². The Bertz CT molecular complexity index is 504. The van der Waals surface area contributed by atoms with Gasteiger partial charge in [0.15, 0.2) is 0 Å². The zero-order chi connectivity index (χ0) is 16.4. The molecule has 0 amide bonds. The molecule has 0 radical (unpaired) electrons. The van der Waals surface area contributed by atoms with E-state index in [1.54, 1.807) is 0 Å². The molecule has 1 N–H and O–H groups in total. The minimum atomic E-state index is -3.57. The zero-order valence-corrected chi connectivity index (χ0v) is 15.2. The molecule has 3 nitrogen and oxygen atoms in total. The molecule has 0 aliphatic heterocycles. The third-order valence-electron chi connectivity index (χ3n) is 3.90. The molecule has 0 aliphatic rings. The van der Waals surface area contributed by atoms with Crippen LogP contribution in [0.1, 0.15) is 81.5 Å². The van der Waals surface area contributed by atoms with Crippen molar-refractivity contribution in [1.29, 1.82) is 0 Å². The van der Waals surface area contributed by atoms with Gasteiger partial charge in [-0.25, -0.2) is 0 Å². The van der Waals surface area contributed by atoms with Gasteiger partial charge in [-0.05, 0) is 40.0 Å². The topological polar surface area (TPSA) is 46.5 Å². The largest absolute Gasteiger partial charge is 0.332 e. The molecule has 4 heteroatoms. The van der Waals surface area contributed by atoms with Crippen LogP contribution in [-0.4, -0.2) is 12.0 Å². The average molecular weight is 312 g/mol. The summed E-state index contributed by atoms with van der Waals surface area (Å²) in [6, 6.07) is 4.37. The van der Waals surface area contributed by atoms with E-state index in [4.69, 9.17) is 4.52 Å². The molecule has 0 heterocycles. The zero-order valence-electron chi connectivity index (χ0n) is 14.3. The van der Waals surface area contributed by atoms with Crippen LogP contribution < -0.4 is 0 Å². The molecular weight excluding hydrogens is 283 g/mol. The van der Waals surface area contributed by atoms with E-state index in [0.29, 0.717) is 17.8 Å². The van der Waals surface area contributed by atoms with E-state index in [2.05, 4.69) is 53.7 Å². The third-order valence-corrected chi connectivity index (χ3v) is 5.18. The molecule has 0 fully saturated rings. The molecule has 0 saturated carbocycles. The molecule has 0 bridgehead atoms. The Labute approximate surface area is 129 Å². The van der Waals surface area contributed by atoms with E-state index >= 15 is 0 Å². The maximum absolute atomic E-state index is 12.1. The van der Waals surface area contributed by atoms with Gasteiger partial charge >= 0.3 is 7.60 Å². The van der Waals surface area contributed by atoms with E-state index < -0.39 is 7.60 Å². The summed E-state index contributed by atoms with van der Waals surface area (Å²) >= 11 is 0. The highest BCUT2D eigenvalue weighted by molar-refractivity contribution is 7.51. The van der Waals surface area contributed by atoms with Crippen molar-refractivity contribution in [1.82, 2.24) is 0 Å². The van der Waals surface area contributed by atoms with Crippen LogP contribution in [0.2, 0.25) is 0 Å². The van der Waals surface area contributed by atoms with Crippen LogP contribution >= 0.6 is 7.60 Å². The van der Waals surface area contributed by atoms with Crippen molar-refractivity contribution in [3.8, 4) is 0 Å². The maximum Gasteiger partial charge on any atom is 0.332 e. The van der Waals surface area contributed by atoms with Crippen molar-refractivity contribution in [2.24, 2.45) is 0 Å². The van der Waals surface area contributed by atoms with E-state index in [1.807, 2.05) is 0 Å². The Kier molecular flexibility index (Phi) is 6.22. The van der Waals surface area contributed by atoms with Crippen LogP contribution in [0.15, 0.2) is 12.1 Å². The van der Waals surface area contributed by atoms with Crippen molar-refractivity contribution < 1.29 is 14.0 Å². The number of hydrogen-bond acceptors (Lipinski definition) is 2. The molecule has 1 aromatic carbocycles. The van der Waals surface area contributed by atoms with Crippen LogP contribution in [0, 0.1) is 0 Å². The van der Waals surface area contributed by atoms with Gasteiger partial charge in [0.25, 0.3) is 0 Å². The molecular formula is C17H29O3P. The fourth-order valence-electron chi connectivity index (χ4n) is 2.55. The van der Waals surface area contributed by atoms with Gasteiger partial charge in [-0.15, -0.1) is 0 Å².